The Morgan fingerprint density at radius 2 is 1.95 bits per heavy atom. The highest BCUT2D eigenvalue weighted by Gasteiger charge is 2.28. The van der Waals surface area contributed by atoms with Gasteiger partial charge >= 0.3 is 0 Å². The number of nitrogens with one attached hydrogen (secondary N) is 1. The Labute approximate surface area is 121 Å². The normalized spacial score (nSPS) is 21.2. The second-order valence-corrected chi connectivity index (χ2v) is 5.89. The Kier molecular flexibility index (Phi) is 3.23. The van der Waals surface area contributed by atoms with E-state index in [0.29, 0.717) is 0 Å². The summed E-state index contributed by atoms with van der Waals surface area (Å²) in [5.41, 5.74) is 3.51. The van der Waals surface area contributed by atoms with Gasteiger partial charge in [0.15, 0.2) is 0 Å². The summed E-state index contributed by atoms with van der Waals surface area (Å²) in [5, 5.41) is 3.56. The highest BCUT2D eigenvalue weighted by molar-refractivity contribution is 9.10. The summed E-state index contributed by atoms with van der Waals surface area (Å²) in [6.45, 7) is 4.25. The molecule has 3 rings (SSSR count). The van der Waals surface area contributed by atoms with E-state index in [1.807, 2.05) is 24.3 Å². The second kappa shape index (κ2) is 4.89. The number of fused-ring (bicyclic) bond motifs is 1. The number of rotatable bonds is 1. The number of hydrogen-bond donors (Lipinski definition) is 1. The summed E-state index contributed by atoms with van der Waals surface area (Å²) in [7, 11) is 0. The first-order chi connectivity index (χ1) is 9.15. The maximum atomic E-state index is 6.18. The van der Waals surface area contributed by atoms with E-state index in [1.165, 1.54) is 11.1 Å². The van der Waals surface area contributed by atoms with Crippen molar-refractivity contribution in [3.8, 4) is 5.75 Å². The smallest absolute Gasteiger partial charge is 0.144 e. The van der Waals surface area contributed by atoms with E-state index < -0.39 is 0 Å². The van der Waals surface area contributed by atoms with Crippen LogP contribution in [-0.2, 0) is 0 Å². The van der Waals surface area contributed by atoms with Crippen LogP contribution in [0.3, 0.4) is 0 Å². The molecule has 0 aromatic heterocycles. The van der Waals surface area contributed by atoms with Gasteiger partial charge in [0, 0.05) is 4.47 Å². The summed E-state index contributed by atoms with van der Waals surface area (Å²) >= 11 is 3.52. The zero-order valence-electron chi connectivity index (χ0n) is 11.0. The van der Waals surface area contributed by atoms with Gasteiger partial charge in [0.05, 0.1) is 11.7 Å². The minimum atomic E-state index is 0.0341. The van der Waals surface area contributed by atoms with E-state index in [0.717, 1.165) is 15.9 Å². The van der Waals surface area contributed by atoms with Crippen LogP contribution < -0.4 is 10.1 Å². The van der Waals surface area contributed by atoms with Gasteiger partial charge in [0.25, 0.3) is 0 Å². The maximum Gasteiger partial charge on any atom is 0.144 e. The highest BCUT2D eigenvalue weighted by atomic mass is 79.9. The molecule has 2 unspecified atom stereocenters. The summed E-state index contributed by atoms with van der Waals surface area (Å²) in [6.07, 6.45) is 0.0341. The van der Waals surface area contributed by atoms with Crippen LogP contribution in [0, 0.1) is 6.92 Å². The van der Waals surface area contributed by atoms with Gasteiger partial charge in [-0.2, -0.15) is 0 Å². The number of ether oxygens (including phenoxy) is 1. The van der Waals surface area contributed by atoms with Crippen LogP contribution in [0.5, 0.6) is 5.75 Å². The van der Waals surface area contributed by atoms with Crippen molar-refractivity contribution in [1.29, 1.82) is 0 Å². The molecule has 2 nitrogen and oxygen atoms in total. The molecule has 0 amide bonds. The zero-order valence-corrected chi connectivity index (χ0v) is 12.6. The SMILES string of the molecule is Cc1cccc2c1NC(C)C(c1cccc(Br)c1)O2. The van der Waals surface area contributed by atoms with E-state index in [-0.39, 0.29) is 12.1 Å². The lowest BCUT2D eigenvalue weighted by Crippen LogP contribution is -2.33. The van der Waals surface area contributed by atoms with Crippen molar-refractivity contribution >= 4 is 21.6 Å². The Balaban J connectivity index is 1.98. The van der Waals surface area contributed by atoms with Crippen molar-refractivity contribution < 1.29 is 4.74 Å². The van der Waals surface area contributed by atoms with Crippen LogP contribution in [-0.4, -0.2) is 6.04 Å². The van der Waals surface area contributed by atoms with Gasteiger partial charge in [-0.15, -0.1) is 0 Å². The maximum absolute atomic E-state index is 6.18. The van der Waals surface area contributed by atoms with Gasteiger partial charge in [-0.05, 0) is 43.2 Å². The molecule has 2 aromatic rings. The standard InChI is InChI=1S/C16H16BrNO/c1-10-5-3-8-14-15(10)18-11(2)16(19-14)12-6-4-7-13(17)9-12/h3-9,11,16,18H,1-2H3. The van der Waals surface area contributed by atoms with Gasteiger partial charge in [0.1, 0.15) is 11.9 Å². The topological polar surface area (TPSA) is 21.3 Å². The predicted molar refractivity (Wildman–Crippen MR) is 81.8 cm³/mol. The number of anilines is 1. The first kappa shape index (κ1) is 12.5. The minimum Gasteiger partial charge on any atom is -0.481 e. The van der Waals surface area contributed by atoms with Crippen molar-refractivity contribution in [2.45, 2.75) is 26.0 Å². The van der Waals surface area contributed by atoms with Crippen LogP contribution in [0.15, 0.2) is 46.9 Å². The van der Waals surface area contributed by atoms with E-state index in [1.54, 1.807) is 0 Å². The predicted octanol–water partition coefficient (Wildman–Crippen LogP) is 4.69. The number of para-hydroxylation sites is 1. The van der Waals surface area contributed by atoms with Gasteiger partial charge in [-0.3, -0.25) is 0 Å². The third-order valence-corrected chi connectivity index (χ3v) is 3.99. The third-order valence-electron chi connectivity index (χ3n) is 3.49. The molecule has 0 radical (unpaired) electrons. The van der Waals surface area contributed by atoms with Gasteiger partial charge in [-0.25, -0.2) is 0 Å². The van der Waals surface area contributed by atoms with Crippen molar-refractivity contribution in [3.63, 3.8) is 0 Å². The van der Waals surface area contributed by atoms with Gasteiger partial charge in [-0.1, -0.05) is 40.2 Å². The molecule has 1 N–H and O–H groups in total. The number of hydrogen-bond acceptors (Lipinski definition) is 2. The van der Waals surface area contributed by atoms with Crippen molar-refractivity contribution in [1.82, 2.24) is 0 Å². The molecular weight excluding hydrogens is 302 g/mol. The lowest BCUT2D eigenvalue weighted by Gasteiger charge is -2.34. The number of halogens is 1. The molecule has 0 aliphatic carbocycles. The molecule has 1 aliphatic heterocycles. The second-order valence-electron chi connectivity index (χ2n) is 4.97. The van der Waals surface area contributed by atoms with Crippen LogP contribution in [0.25, 0.3) is 0 Å². The third kappa shape index (κ3) is 2.35. The van der Waals surface area contributed by atoms with Crippen LogP contribution in [0.4, 0.5) is 5.69 Å². The number of aryl methyl sites for hydroxylation is 1. The molecule has 0 fully saturated rings. The Bertz CT molecular complexity index is 611. The van der Waals surface area contributed by atoms with Gasteiger partial charge < -0.3 is 10.1 Å². The fourth-order valence-corrected chi connectivity index (χ4v) is 2.92. The Morgan fingerprint density at radius 1 is 1.16 bits per heavy atom. The van der Waals surface area contributed by atoms with Crippen molar-refractivity contribution in [2.75, 3.05) is 5.32 Å². The summed E-state index contributed by atoms with van der Waals surface area (Å²) < 4.78 is 7.26. The first-order valence-electron chi connectivity index (χ1n) is 6.43. The fourth-order valence-electron chi connectivity index (χ4n) is 2.51. The summed E-state index contributed by atoms with van der Waals surface area (Å²) in [5.74, 6) is 0.933. The monoisotopic (exact) mass is 317 g/mol. The summed E-state index contributed by atoms with van der Waals surface area (Å²) in [6, 6.07) is 14.7. The lowest BCUT2D eigenvalue weighted by molar-refractivity contribution is 0.177. The molecule has 0 spiro atoms. The number of benzene rings is 2. The molecule has 0 saturated heterocycles. The molecular formula is C16H16BrNO. The molecule has 2 aromatic carbocycles. The zero-order chi connectivity index (χ0) is 13.4. The Hall–Kier alpha value is -1.48. The minimum absolute atomic E-state index is 0.0341. The molecule has 98 valence electrons. The average molecular weight is 318 g/mol. The lowest BCUT2D eigenvalue weighted by atomic mass is 10.00. The van der Waals surface area contributed by atoms with E-state index in [9.17, 15) is 0 Å². The molecule has 0 bridgehead atoms. The van der Waals surface area contributed by atoms with E-state index >= 15 is 0 Å². The molecule has 1 aliphatic rings. The quantitative estimate of drug-likeness (QED) is 0.823. The van der Waals surface area contributed by atoms with Crippen LogP contribution >= 0.6 is 15.9 Å². The van der Waals surface area contributed by atoms with Crippen molar-refractivity contribution in [3.05, 3.63) is 58.1 Å². The summed E-state index contributed by atoms with van der Waals surface area (Å²) in [4.78, 5) is 0. The van der Waals surface area contributed by atoms with Crippen LogP contribution in [0.1, 0.15) is 24.2 Å². The van der Waals surface area contributed by atoms with Crippen LogP contribution in [0.2, 0.25) is 0 Å². The molecule has 1 heterocycles. The first-order valence-corrected chi connectivity index (χ1v) is 7.23. The molecule has 19 heavy (non-hydrogen) atoms. The van der Waals surface area contributed by atoms with E-state index in [2.05, 4.69) is 53.3 Å². The average Bonchev–Trinajstić information content (AvgIpc) is 2.39. The highest BCUT2D eigenvalue weighted by Crippen LogP contribution is 2.39. The molecule has 0 saturated carbocycles. The van der Waals surface area contributed by atoms with Gasteiger partial charge in [0.2, 0.25) is 0 Å². The fraction of sp³-hybridized carbons (Fsp3) is 0.250. The molecule has 3 heteroatoms. The molecule has 2 atom stereocenters. The largest absolute Gasteiger partial charge is 0.481 e. The Morgan fingerprint density at radius 3 is 2.74 bits per heavy atom. The van der Waals surface area contributed by atoms with E-state index in [4.69, 9.17) is 4.74 Å². The van der Waals surface area contributed by atoms with Crippen molar-refractivity contribution in [2.24, 2.45) is 0 Å².